The molecule has 1 heterocycles. The van der Waals surface area contributed by atoms with Crippen LogP contribution in [0.3, 0.4) is 0 Å². The van der Waals surface area contributed by atoms with Crippen molar-refractivity contribution in [3.63, 3.8) is 0 Å². The third-order valence-electron chi connectivity index (χ3n) is 1.29. The molecular formula is C7H9BrN2O. The number of aromatic nitrogens is 1. The summed E-state index contributed by atoms with van der Waals surface area (Å²) in [5.74, 6) is 0.601. The molecule has 0 aliphatic carbocycles. The summed E-state index contributed by atoms with van der Waals surface area (Å²) >= 11 is 3.32. The van der Waals surface area contributed by atoms with Gasteiger partial charge < -0.3 is 10.1 Å². The summed E-state index contributed by atoms with van der Waals surface area (Å²) in [5.41, 5.74) is 0.956. The van der Waals surface area contributed by atoms with E-state index in [-0.39, 0.29) is 0 Å². The topological polar surface area (TPSA) is 34.2 Å². The van der Waals surface area contributed by atoms with Crippen molar-refractivity contribution in [1.29, 1.82) is 0 Å². The monoisotopic (exact) mass is 216 g/mol. The van der Waals surface area contributed by atoms with Crippen molar-refractivity contribution < 1.29 is 4.74 Å². The highest BCUT2D eigenvalue weighted by atomic mass is 79.9. The lowest BCUT2D eigenvalue weighted by molar-refractivity contribution is 0.395. The number of halogens is 1. The molecule has 0 radical (unpaired) electrons. The minimum absolute atomic E-state index is 0.601. The maximum Gasteiger partial charge on any atom is 0.227 e. The van der Waals surface area contributed by atoms with Gasteiger partial charge in [0, 0.05) is 7.05 Å². The molecule has 0 atom stereocenters. The van der Waals surface area contributed by atoms with Gasteiger partial charge in [-0.15, -0.1) is 0 Å². The number of hydrogen-bond donors (Lipinski definition) is 1. The van der Waals surface area contributed by atoms with Crippen molar-refractivity contribution in [3.05, 3.63) is 16.7 Å². The van der Waals surface area contributed by atoms with Gasteiger partial charge in [0.1, 0.15) is 0 Å². The number of ether oxygens (including phenoxy) is 1. The van der Waals surface area contributed by atoms with E-state index in [4.69, 9.17) is 4.74 Å². The highest BCUT2D eigenvalue weighted by molar-refractivity contribution is 9.10. The second-order valence-electron chi connectivity index (χ2n) is 1.97. The Balaban J connectivity index is 2.99. The van der Waals surface area contributed by atoms with E-state index in [1.165, 1.54) is 0 Å². The van der Waals surface area contributed by atoms with Gasteiger partial charge in [0.05, 0.1) is 23.5 Å². The van der Waals surface area contributed by atoms with Gasteiger partial charge in [-0.1, -0.05) is 0 Å². The lowest BCUT2D eigenvalue weighted by Crippen LogP contribution is -1.92. The van der Waals surface area contributed by atoms with Crippen LogP contribution in [-0.4, -0.2) is 19.1 Å². The Morgan fingerprint density at radius 1 is 1.64 bits per heavy atom. The zero-order valence-electron chi connectivity index (χ0n) is 6.39. The van der Waals surface area contributed by atoms with Crippen LogP contribution in [0.15, 0.2) is 16.7 Å². The number of rotatable bonds is 2. The van der Waals surface area contributed by atoms with Gasteiger partial charge in [-0.25, -0.2) is 4.98 Å². The first-order valence-corrected chi connectivity index (χ1v) is 3.94. The van der Waals surface area contributed by atoms with Crippen LogP contribution in [0.4, 0.5) is 5.69 Å². The third-order valence-corrected chi connectivity index (χ3v) is 1.86. The Kier molecular flexibility index (Phi) is 2.70. The first kappa shape index (κ1) is 8.33. The molecule has 1 N–H and O–H groups in total. The minimum Gasteiger partial charge on any atom is -0.480 e. The van der Waals surface area contributed by atoms with E-state index in [0.29, 0.717) is 5.88 Å². The van der Waals surface area contributed by atoms with E-state index in [9.17, 15) is 0 Å². The van der Waals surface area contributed by atoms with Crippen LogP contribution in [0.25, 0.3) is 0 Å². The zero-order chi connectivity index (χ0) is 8.27. The van der Waals surface area contributed by atoms with E-state index in [0.717, 1.165) is 10.2 Å². The van der Waals surface area contributed by atoms with Gasteiger partial charge in [0.25, 0.3) is 0 Å². The average molecular weight is 217 g/mol. The fourth-order valence-electron chi connectivity index (χ4n) is 0.712. The Labute approximate surface area is 73.9 Å². The summed E-state index contributed by atoms with van der Waals surface area (Å²) in [5, 5.41) is 2.97. The van der Waals surface area contributed by atoms with Crippen molar-refractivity contribution in [3.8, 4) is 5.88 Å². The standard InChI is InChI=1S/C7H9BrN2O/c1-9-5-3-6(8)7(11-2)10-4-5/h3-4,9H,1-2H3. The predicted octanol–water partition coefficient (Wildman–Crippen LogP) is 1.89. The van der Waals surface area contributed by atoms with E-state index >= 15 is 0 Å². The molecule has 1 aromatic heterocycles. The second kappa shape index (κ2) is 3.57. The third kappa shape index (κ3) is 1.83. The van der Waals surface area contributed by atoms with Crippen LogP contribution in [-0.2, 0) is 0 Å². The second-order valence-corrected chi connectivity index (χ2v) is 2.82. The van der Waals surface area contributed by atoms with E-state index in [1.54, 1.807) is 13.3 Å². The van der Waals surface area contributed by atoms with Crippen LogP contribution in [0, 0.1) is 0 Å². The largest absolute Gasteiger partial charge is 0.480 e. The number of anilines is 1. The lowest BCUT2D eigenvalue weighted by atomic mass is 10.4. The molecule has 0 aliphatic heterocycles. The Hall–Kier alpha value is -0.770. The molecular weight excluding hydrogens is 208 g/mol. The molecule has 3 nitrogen and oxygen atoms in total. The smallest absolute Gasteiger partial charge is 0.227 e. The summed E-state index contributed by atoms with van der Waals surface area (Å²) in [7, 11) is 3.43. The molecule has 0 aliphatic rings. The molecule has 0 spiro atoms. The molecule has 0 amide bonds. The Morgan fingerprint density at radius 2 is 2.36 bits per heavy atom. The van der Waals surface area contributed by atoms with Crippen molar-refractivity contribution in [2.24, 2.45) is 0 Å². The quantitative estimate of drug-likeness (QED) is 0.821. The van der Waals surface area contributed by atoms with Crippen molar-refractivity contribution in [2.75, 3.05) is 19.5 Å². The first-order valence-electron chi connectivity index (χ1n) is 3.15. The number of nitrogens with zero attached hydrogens (tertiary/aromatic N) is 1. The molecule has 0 saturated carbocycles. The summed E-state index contributed by atoms with van der Waals surface area (Å²) < 4.78 is 5.81. The molecule has 1 rings (SSSR count). The normalized spacial score (nSPS) is 9.36. The minimum atomic E-state index is 0.601. The Bertz CT molecular complexity index is 252. The van der Waals surface area contributed by atoms with Crippen LogP contribution < -0.4 is 10.1 Å². The van der Waals surface area contributed by atoms with E-state index < -0.39 is 0 Å². The molecule has 4 heteroatoms. The Morgan fingerprint density at radius 3 is 2.82 bits per heavy atom. The van der Waals surface area contributed by atoms with E-state index in [2.05, 4.69) is 26.2 Å². The SMILES string of the molecule is CNc1cnc(OC)c(Br)c1. The molecule has 0 aromatic carbocycles. The molecule has 0 unspecified atom stereocenters. The summed E-state index contributed by atoms with van der Waals surface area (Å²) in [6.45, 7) is 0. The van der Waals surface area contributed by atoms with Crippen LogP contribution in [0.5, 0.6) is 5.88 Å². The molecule has 1 aromatic rings. The maximum absolute atomic E-state index is 4.96. The fourth-order valence-corrected chi connectivity index (χ4v) is 1.22. The number of hydrogen-bond acceptors (Lipinski definition) is 3. The number of nitrogens with one attached hydrogen (secondary N) is 1. The van der Waals surface area contributed by atoms with Crippen LogP contribution >= 0.6 is 15.9 Å². The van der Waals surface area contributed by atoms with E-state index in [1.807, 2.05) is 13.1 Å². The summed E-state index contributed by atoms with van der Waals surface area (Å²) in [4.78, 5) is 4.04. The zero-order valence-corrected chi connectivity index (χ0v) is 7.97. The van der Waals surface area contributed by atoms with Gasteiger partial charge in [-0.05, 0) is 22.0 Å². The van der Waals surface area contributed by atoms with Gasteiger partial charge in [0.2, 0.25) is 5.88 Å². The predicted molar refractivity (Wildman–Crippen MR) is 48.0 cm³/mol. The van der Waals surface area contributed by atoms with Crippen LogP contribution in [0.1, 0.15) is 0 Å². The average Bonchev–Trinajstić information content (AvgIpc) is 2.04. The molecule has 0 bridgehead atoms. The highest BCUT2D eigenvalue weighted by Crippen LogP contribution is 2.24. The molecule has 11 heavy (non-hydrogen) atoms. The highest BCUT2D eigenvalue weighted by Gasteiger charge is 2.00. The van der Waals surface area contributed by atoms with Crippen molar-refractivity contribution >= 4 is 21.6 Å². The summed E-state index contributed by atoms with van der Waals surface area (Å²) in [6, 6.07) is 1.91. The molecule has 0 saturated heterocycles. The fraction of sp³-hybridized carbons (Fsp3) is 0.286. The van der Waals surface area contributed by atoms with Crippen molar-refractivity contribution in [2.45, 2.75) is 0 Å². The molecule has 0 fully saturated rings. The summed E-state index contributed by atoms with van der Waals surface area (Å²) in [6.07, 6.45) is 1.71. The van der Waals surface area contributed by atoms with Crippen LogP contribution in [0.2, 0.25) is 0 Å². The number of methoxy groups -OCH3 is 1. The van der Waals surface area contributed by atoms with Crippen molar-refractivity contribution in [1.82, 2.24) is 4.98 Å². The molecule has 60 valence electrons. The maximum atomic E-state index is 4.96. The lowest BCUT2D eigenvalue weighted by Gasteiger charge is -2.03. The number of pyridine rings is 1. The van der Waals surface area contributed by atoms with Gasteiger partial charge in [0.15, 0.2) is 0 Å². The van der Waals surface area contributed by atoms with Gasteiger partial charge >= 0.3 is 0 Å². The van der Waals surface area contributed by atoms with Gasteiger partial charge in [-0.2, -0.15) is 0 Å². The first-order chi connectivity index (χ1) is 5.27. The van der Waals surface area contributed by atoms with Gasteiger partial charge in [-0.3, -0.25) is 0 Å².